The third-order valence-corrected chi connectivity index (χ3v) is 5.94. The van der Waals surface area contributed by atoms with Crippen molar-refractivity contribution in [3.63, 3.8) is 0 Å². The lowest BCUT2D eigenvalue weighted by molar-refractivity contribution is -0.148. The lowest BCUT2D eigenvalue weighted by atomic mass is 9.92. The monoisotopic (exact) mass is 441 g/mol. The number of likely N-dealkylation sites (tertiary alicyclic amines) is 1. The van der Waals surface area contributed by atoms with Crippen molar-refractivity contribution < 1.29 is 14.7 Å². The van der Waals surface area contributed by atoms with Gasteiger partial charge in [-0.3, -0.25) is 4.79 Å². The number of rotatable bonds is 3. The van der Waals surface area contributed by atoms with Crippen LogP contribution in [0.15, 0.2) is 12.1 Å². The molecule has 1 saturated heterocycles. The Morgan fingerprint density at radius 1 is 1.43 bits per heavy atom. The number of nitrogens with zero attached hydrogens (tertiary/aromatic N) is 1. The molecule has 0 saturated carbocycles. The molecule has 1 aromatic carbocycles. The highest BCUT2D eigenvalue weighted by Gasteiger charge is 2.49. The Bertz CT molecular complexity index is 608. The van der Waals surface area contributed by atoms with Crippen molar-refractivity contribution in [1.82, 2.24) is 4.90 Å². The zero-order valence-corrected chi connectivity index (χ0v) is 15.0. The number of carboxylic acid groups (broad SMARTS) is 1. The van der Waals surface area contributed by atoms with E-state index in [1.54, 1.807) is 13.0 Å². The van der Waals surface area contributed by atoms with Crippen LogP contribution in [-0.2, 0) is 4.79 Å². The molecule has 0 radical (unpaired) electrons. The molecule has 1 amide bonds. The molecule has 1 heterocycles. The largest absolute Gasteiger partial charge is 0.479 e. The summed E-state index contributed by atoms with van der Waals surface area (Å²) in [5, 5.41) is 10.3. The fourth-order valence-electron chi connectivity index (χ4n) is 2.77. The Balaban J connectivity index is 2.47. The number of carbonyl (C=O) groups is 2. The number of carboxylic acids is 1. The topological polar surface area (TPSA) is 57.6 Å². The lowest BCUT2D eigenvalue weighted by Crippen LogP contribution is -2.52. The van der Waals surface area contributed by atoms with Crippen LogP contribution < -0.4 is 0 Å². The third-order valence-electron chi connectivity index (χ3n) is 3.94. The molecule has 1 unspecified atom stereocenters. The van der Waals surface area contributed by atoms with Crippen molar-refractivity contribution in [3.05, 3.63) is 31.3 Å². The molecule has 1 atom stereocenters. The second-order valence-electron chi connectivity index (χ2n) is 5.00. The van der Waals surface area contributed by atoms with Crippen LogP contribution in [0.3, 0.4) is 0 Å². The second-order valence-corrected chi connectivity index (χ2v) is 6.92. The summed E-state index contributed by atoms with van der Waals surface area (Å²) < 4.78 is 0.589. The van der Waals surface area contributed by atoms with Gasteiger partial charge in [-0.2, -0.15) is 0 Å². The number of halogens is 3. The number of hydrogen-bond donors (Lipinski definition) is 1. The van der Waals surface area contributed by atoms with E-state index in [-0.39, 0.29) is 5.91 Å². The maximum absolute atomic E-state index is 12.8. The van der Waals surface area contributed by atoms with Crippen molar-refractivity contribution in [2.24, 2.45) is 0 Å². The van der Waals surface area contributed by atoms with Crippen molar-refractivity contribution in [1.29, 1.82) is 0 Å². The molecule has 0 aliphatic carbocycles. The summed E-state index contributed by atoms with van der Waals surface area (Å²) in [6.45, 7) is 2.22. The molecule has 21 heavy (non-hydrogen) atoms. The van der Waals surface area contributed by atoms with E-state index in [2.05, 4.69) is 0 Å². The standard InChI is InChI=1S/C14H14Cl2INO3/c1-2-14(13(20)21)4-3-5-18(14)12(19)9-6-8(15)7-10(16)11(9)17/h6-7H,2-5H2,1H3,(H,20,21). The van der Waals surface area contributed by atoms with Gasteiger partial charge in [0.25, 0.3) is 5.91 Å². The van der Waals surface area contributed by atoms with Gasteiger partial charge < -0.3 is 10.0 Å². The van der Waals surface area contributed by atoms with Gasteiger partial charge in [0.05, 0.1) is 10.6 Å². The van der Waals surface area contributed by atoms with Gasteiger partial charge in [0, 0.05) is 15.1 Å². The molecule has 0 bridgehead atoms. The molecule has 1 N–H and O–H groups in total. The Morgan fingerprint density at radius 3 is 2.67 bits per heavy atom. The van der Waals surface area contributed by atoms with Gasteiger partial charge >= 0.3 is 5.97 Å². The van der Waals surface area contributed by atoms with Crippen molar-refractivity contribution in [2.45, 2.75) is 31.7 Å². The summed E-state index contributed by atoms with van der Waals surface area (Å²) >= 11 is 14.0. The minimum Gasteiger partial charge on any atom is -0.479 e. The minimum atomic E-state index is -1.13. The van der Waals surface area contributed by atoms with Gasteiger partial charge in [0.1, 0.15) is 5.54 Å². The first-order valence-corrected chi connectivity index (χ1v) is 8.37. The highest BCUT2D eigenvalue weighted by atomic mass is 127. The number of hydrogen-bond acceptors (Lipinski definition) is 2. The molecule has 1 aromatic rings. The molecule has 4 nitrogen and oxygen atoms in total. The van der Waals surface area contributed by atoms with Crippen LogP contribution in [0.1, 0.15) is 36.5 Å². The predicted molar refractivity (Wildman–Crippen MR) is 90.1 cm³/mol. The summed E-state index contributed by atoms with van der Waals surface area (Å²) in [5.74, 6) is -1.29. The number of benzene rings is 1. The van der Waals surface area contributed by atoms with Crippen molar-refractivity contribution in [3.8, 4) is 0 Å². The summed E-state index contributed by atoms with van der Waals surface area (Å²) in [6, 6.07) is 3.11. The number of aliphatic carboxylic acids is 1. The van der Waals surface area contributed by atoms with Gasteiger partial charge in [-0.1, -0.05) is 30.1 Å². The molecular formula is C14H14Cl2INO3. The maximum atomic E-state index is 12.8. The summed E-state index contributed by atoms with van der Waals surface area (Å²) in [5.41, 5.74) is -0.774. The van der Waals surface area contributed by atoms with E-state index in [0.717, 1.165) is 0 Å². The van der Waals surface area contributed by atoms with Crippen LogP contribution in [0, 0.1) is 3.57 Å². The van der Waals surface area contributed by atoms with Crippen LogP contribution in [0.5, 0.6) is 0 Å². The molecular weight excluding hydrogens is 428 g/mol. The normalized spacial score (nSPS) is 21.6. The Hall–Kier alpha value is -0.530. The molecule has 114 valence electrons. The zero-order chi connectivity index (χ0) is 15.8. The van der Waals surface area contributed by atoms with E-state index in [0.29, 0.717) is 45.0 Å². The Labute approximate surface area is 146 Å². The first-order chi connectivity index (χ1) is 9.83. The number of amides is 1. The van der Waals surface area contributed by atoms with Gasteiger partial charge in [0.2, 0.25) is 0 Å². The van der Waals surface area contributed by atoms with Gasteiger partial charge in [0.15, 0.2) is 0 Å². The average molecular weight is 442 g/mol. The molecule has 0 aromatic heterocycles. The molecule has 7 heteroatoms. The third kappa shape index (κ3) is 2.87. The van der Waals surface area contributed by atoms with Gasteiger partial charge in [-0.25, -0.2) is 4.79 Å². The SMILES string of the molecule is CCC1(C(=O)O)CCCN1C(=O)c1cc(Cl)cc(Cl)c1I. The van der Waals surface area contributed by atoms with Gasteiger partial charge in [-0.05, 0) is 54.0 Å². The van der Waals surface area contributed by atoms with Crippen molar-refractivity contribution >= 4 is 57.7 Å². The quantitative estimate of drug-likeness (QED) is 0.568. The van der Waals surface area contributed by atoms with Crippen molar-refractivity contribution in [2.75, 3.05) is 6.54 Å². The van der Waals surface area contributed by atoms with E-state index in [9.17, 15) is 14.7 Å². The predicted octanol–water partition coefficient (Wildman–Crippen LogP) is 4.07. The highest BCUT2D eigenvalue weighted by molar-refractivity contribution is 14.1. The smallest absolute Gasteiger partial charge is 0.329 e. The van der Waals surface area contributed by atoms with Gasteiger partial charge in [-0.15, -0.1) is 0 Å². The number of carbonyl (C=O) groups excluding carboxylic acids is 1. The van der Waals surface area contributed by atoms with Crippen LogP contribution >= 0.6 is 45.8 Å². The van der Waals surface area contributed by atoms with E-state index in [1.165, 1.54) is 11.0 Å². The molecule has 1 aliphatic heterocycles. The Morgan fingerprint density at radius 2 is 2.10 bits per heavy atom. The van der Waals surface area contributed by atoms with E-state index >= 15 is 0 Å². The van der Waals surface area contributed by atoms with Crippen LogP contribution in [-0.4, -0.2) is 34.0 Å². The molecule has 2 rings (SSSR count). The minimum absolute atomic E-state index is 0.328. The molecule has 1 fully saturated rings. The van der Waals surface area contributed by atoms with E-state index < -0.39 is 11.5 Å². The van der Waals surface area contributed by atoms with E-state index in [4.69, 9.17) is 23.2 Å². The van der Waals surface area contributed by atoms with Crippen LogP contribution in [0.25, 0.3) is 0 Å². The highest BCUT2D eigenvalue weighted by Crippen LogP contribution is 2.36. The summed E-state index contributed by atoms with van der Waals surface area (Å²) in [4.78, 5) is 25.9. The summed E-state index contributed by atoms with van der Waals surface area (Å²) in [6.07, 6.45) is 1.52. The fraction of sp³-hybridized carbons (Fsp3) is 0.429. The molecule has 0 spiro atoms. The average Bonchev–Trinajstić information content (AvgIpc) is 2.87. The first kappa shape index (κ1) is 16.8. The van der Waals surface area contributed by atoms with Crippen LogP contribution in [0.2, 0.25) is 10.0 Å². The Kier molecular flexibility index (Phi) is 5.05. The van der Waals surface area contributed by atoms with E-state index in [1.807, 2.05) is 22.6 Å². The summed E-state index contributed by atoms with van der Waals surface area (Å²) in [7, 11) is 0. The fourth-order valence-corrected chi connectivity index (χ4v) is 3.81. The maximum Gasteiger partial charge on any atom is 0.329 e. The second kappa shape index (κ2) is 6.30. The van der Waals surface area contributed by atoms with Crippen LogP contribution in [0.4, 0.5) is 0 Å². The first-order valence-electron chi connectivity index (χ1n) is 6.53. The lowest BCUT2D eigenvalue weighted by Gasteiger charge is -2.34. The molecule has 1 aliphatic rings. The zero-order valence-electron chi connectivity index (χ0n) is 11.3.